The number of rotatable bonds is 3. The Morgan fingerprint density at radius 2 is 2.25 bits per heavy atom. The van der Waals surface area contributed by atoms with Crippen LogP contribution >= 0.6 is 0 Å². The van der Waals surface area contributed by atoms with E-state index in [2.05, 4.69) is 9.47 Å². The largest absolute Gasteiger partial charge is 0.469 e. The fourth-order valence-corrected chi connectivity index (χ4v) is 0.235. The van der Waals surface area contributed by atoms with E-state index in [0.717, 1.165) is 0 Å². The predicted octanol–water partition coefficient (Wildman–Crippen LogP) is 0.358. The topological polar surface area (TPSA) is 35.5 Å². The number of methoxy groups -OCH3 is 2. The van der Waals surface area contributed by atoms with Gasteiger partial charge in [-0.05, 0) is 0 Å². The highest BCUT2D eigenvalue weighted by molar-refractivity contribution is 5.70. The Bertz CT molecular complexity index is 70.1. The molecule has 0 spiro atoms. The molecule has 0 aliphatic heterocycles. The molecule has 3 nitrogen and oxygen atoms in total. The van der Waals surface area contributed by atoms with Crippen molar-refractivity contribution in [2.24, 2.45) is 0 Å². The van der Waals surface area contributed by atoms with Gasteiger partial charge in [-0.1, -0.05) is 0 Å². The predicted molar refractivity (Wildman–Crippen MR) is 27.9 cm³/mol. The van der Waals surface area contributed by atoms with Crippen molar-refractivity contribution in [1.29, 1.82) is 0 Å². The highest BCUT2D eigenvalue weighted by Crippen LogP contribution is 1.88. The second-order valence-corrected chi connectivity index (χ2v) is 1.18. The molecule has 0 saturated heterocycles. The summed E-state index contributed by atoms with van der Waals surface area (Å²) in [4.78, 5) is 10.2. The minimum Gasteiger partial charge on any atom is -0.469 e. The zero-order valence-corrected chi connectivity index (χ0v) is 5.01. The van der Waals surface area contributed by atoms with Gasteiger partial charge in [0.25, 0.3) is 0 Å². The molecule has 0 N–H and O–H groups in total. The Morgan fingerprint density at radius 1 is 1.62 bits per heavy atom. The molecular weight excluding hydrogens is 108 g/mol. The SMILES string of the molecule is CO[CH]CC(=O)OC. The smallest absolute Gasteiger partial charge is 0.308 e. The molecule has 0 aliphatic rings. The summed E-state index contributed by atoms with van der Waals surface area (Å²) >= 11 is 0. The third kappa shape index (κ3) is 3.61. The molecule has 0 aromatic carbocycles. The molecule has 0 aromatic rings. The number of carbonyl (C=O) groups excluding carboxylic acids is 1. The van der Waals surface area contributed by atoms with E-state index < -0.39 is 0 Å². The lowest BCUT2D eigenvalue weighted by molar-refractivity contribution is -0.140. The van der Waals surface area contributed by atoms with Gasteiger partial charge in [0.1, 0.15) is 0 Å². The molecule has 0 unspecified atom stereocenters. The first-order valence-corrected chi connectivity index (χ1v) is 2.22. The Labute approximate surface area is 48.6 Å². The maximum atomic E-state index is 10.2. The molecule has 0 rings (SSSR count). The van der Waals surface area contributed by atoms with Gasteiger partial charge < -0.3 is 9.47 Å². The lowest BCUT2D eigenvalue weighted by Gasteiger charge is -1.94. The van der Waals surface area contributed by atoms with Gasteiger partial charge in [0.2, 0.25) is 0 Å². The summed E-state index contributed by atoms with van der Waals surface area (Å²) in [7, 11) is 2.83. The van der Waals surface area contributed by atoms with E-state index in [4.69, 9.17) is 0 Å². The molecule has 0 aliphatic carbocycles. The zero-order chi connectivity index (χ0) is 6.41. The second kappa shape index (κ2) is 4.59. The van der Waals surface area contributed by atoms with E-state index in [1.807, 2.05) is 0 Å². The Balaban J connectivity index is 2.99. The summed E-state index contributed by atoms with van der Waals surface area (Å²) in [6.45, 7) is 1.38. The normalized spacial score (nSPS) is 8.75. The van der Waals surface area contributed by atoms with Crippen molar-refractivity contribution in [2.45, 2.75) is 6.42 Å². The molecule has 0 atom stereocenters. The number of hydrogen-bond donors (Lipinski definition) is 0. The van der Waals surface area contributed by atoms with E-state index in [0.29, 0.717) is 0 Å². The molecule has 0 fully saturated rings. The first kappa shape index (κ1) is 7.43. The first-order chi connectivity index (χ1) is 3.81. The van der Waals surface area contributed by atoms with Crippen LogP contribution in [0.15, 0.2) is 0 Å². The number of carbonyl (C=O) groups is 1. The standard InChI is InChI=1S/C5H9O3/c1-7-4-3-5(6)8-2/h4H,3H2,1-2H3. The maximum Gasteiger partial charge on any atom is 0.308 e. The molecular formula is C5H9O3. The van der Waals surface area contributed by atoms with Crippen LogP contribution in [0.4, 0.5) is 0 Å². The van der Waals surface area contributed by atoms with Crippen LogP contribution in [0.5, 0.6) is 0 Å². The third-order valence-corrected chi connectivity index (χ3v) is 0.644. The fraction of sp³-hybridized carbons (Fsp3) is 0.600. The van der Waals surface area contributed by atoms with Gasteiger partial charge in [0.15, 0.2) is 0 Å². The molecule has 8 heavy (non-hydrogen) atoms. The molecule has 47 valence electrons. The van der Waals surface area contributed by atoms with E-state index in [-0.39, 0.29) is 12.4 Å². The fourth-order valence-electron chi connectivity index (χ4n) is 0.235. The van der Waals surface area contributed by atoms with Crippen molar-refractivity contribution < 1.29 is 14.3 Å². The van der Waals surface area contributed by atoms with Gasteiger partial charge >= 0.3 is 5.97 Å². The minimum absolute atomic E-state index is 0.215. The van der Waals surface area contributed by atoms with Gasteiger partial charge in [-0.2, -0.15) is 0 Å². The first-order valence-electron chi connectivity index (χ1n) is 2.22. The quantitative estimate of drug-likeness (QED) is 0.500. The van der Waals surface area contributed by atoms with Crippen molar-refractivity contribution in [3.63, 3.8) is 0 Å². The van der Waals surface area contributed by atoms with Crippen LogP contribution in [0.1, 0.15) is 6.42 Å². The molecule has 0 heterocycles. The number of ether oxygens (including phenoxy) is 2. The van der Waals surface area contributed by atoms with E-state index in [9.17, 15) is 4.79 Å². The van der Waals surface area contributed by atoms with Gasteiger partial charge in [-0.25, -0.2) is 0 Å². The van der Waals surface area contributed by atoms with E-state index in [1.54, 1.807) is 0 Å². The highest BCUT2D eigenvalue weighted by Gasteiger charge is 1.96. The van der Waals surface area contributed by atoms with Crippen LogP contribution in [0, 0.1) is 6.61 Å². The van der Waals surface area contributed by atoms with Gasteiger partial charge in [0.05, 0.1) is 20.1 Å². The third-order valence-electron chi connectivity index (χ3n) is 0.644. The van der Waals surface area contributed by atoms with E-state index in [1.165, 1.54) is 20.8 Å². The molecule has 0 aromatic heterocycles. The highest BCUT2D eigenvalue weighted by atomic mass is 16.5. The van der Waals surface area contributed by atoms with Crippen LogP contribution in [-0.4, -0.2) is 20.2 Å². The summed E-state index contributed by atoms with van der Waals surface area (Å²) in [6, 6.07) is 0. The monoisotopic (exact) mass is 117 g/mol. The Morgan fingerprint density at radius 3 is 2.62 bits per heavy atom. The second-order valence-electron chi connectivity index (χ2n) is 1.18. The summed E-state index contributed by atoms with van der Waals surface area (Å²) in [5.41, 5.74) is 0. The summed E-state index contributed by atoms with van der Waals surface area (Å²) in [6.07, 6.45) is 0.215. The van der Waals surface area contributed by atoms with Crippen LogP contribution in [0.3, 0.4) is 0 Å². The van der Waals surface area contributed by atoms with Crippen LogP contribution < -0.4 is 0 Å². The minimum atomic E-state index is -0.285. The molecule has 0 amide bonds. The Kier molecular flexibility index (Phi) is 4.26. The van der Waals surface area contributed by atoms with Crippen molar-refractivity contribution in [3.8, 4) is 0 Å². The van der Waals surface area contributed by atoms with E-state index >= 15 is 0 Å². The zero-order valence-electron chi connectivity index (χ0n) is 5.01. The lowest BCUT2D eigenvalue weighted by Crippen LogP contribution is -1.99. The van der Waals surface area contributed by atoms with Crippen molar-refractivity contribution >= 4 is 5.97 Å². The van der Waals surface area contributed by atoms with Crippen LogP contribution in [0.2, 0.25) is 0 Å². The van der Waals surface area contributed by atoms with Crippen molar-refractivity contribution in [1.82, 2.24) is 0 Å². The van der Waals surface area contributed by atoms with Gasteiger partial charge in [-0.15, -0.1) is 0 Å². The van der Waals surface area contributed by atoms with Crippen molar-refractivity contribution in [2.75, 3.05) is 14.2 Å². The molecule has 3 heteroatoms. The van der Waals surface area contributed by atoms with Gasteiger partial charge in [0, 0.05) is 7.11 Å². The van der Waals surface area contributed by atoms with Gasteiger partial charge in [-0.3, -0.25) is 4.79 Å². The number of hydrogen-bond acceptors (Lipinski definition) is 3. The molecule has 0 saturated carbocycles. The molecule has 0 bridgehead atoms. The summed E-state index contributed by atoms with van der Waals surface area (Å²) in [5.74, 6) is -0.285. The van der Waals surface area contributed by atoms with Crippen LogP contribution in [-0.2, 0) is 14.3 Å². The average molecular weight is 117 g/mol. The van der Waals surface area contributed by atoms with Crippen LogP contribution in [0.25, 0.3) is 0 Å². The molecule has 1 radical (unpaired) electrons. The summed E-state index contributed by atoms with van der Waals surface area (Å²) < 4.78 is 8.79. The number of esters is 1. The maximum absolute atomic E-state index is 10.2. The average Bonchev–Trinajstić information content (AvgIpc) is 1.83. The van der Waals surface area contributed by atoms with Crippen molar-refractivity contribution in [3.05, 3.63) is 6.61 Å². The summed E-state index contributed by atoms with van der Waals surface area (Å²) in [5, 5.41) is 0. The lowest BCUT2D eigenvalue weighted by atomic mass is 10.5. The Hall–Kier alpha value is -0.570.